The van der Waals surface area contributed by atoms with Crippen molar-refractivity contribution in [1.29, 1.82) is 0 Å². The van der Waals surface area contributed by atoms with E-state index in [0.717, 1.165) is 32.5 Å². The number of nitrogens with zero attached hydrogens (tertiary/aromatic N) is 2. The van der Waals surface area contributed by atoms with Crippen molar-refractivity contribution in [2.75, 3.05) is 39.3 Å². The van der Waals surface area contributed by atoms with Crippen LogP contribution in [0.15, 0.2) is 11.1 Å². The van der Waals surface area contributed by atoms with Gasteiger partial charge in [0.15, 0.2) is 0 Å². The Bertz CT molecular complexity index is 667. The number of hydrogen-bond donors (Lipinski definition) is 0. The molecular weight excluding hydrogens is 356 g/mol. The molecule has 28 heavy (non-hydrogen) atoms. The Morgan fingerprint density at radius 1 is 1.29 bits per heavy atom. The molecule has 0 N–H and O–H groups in total. The van der Waals surface area contributed by atoms with Crippen molar-refractivity contribution in [3.63, 3.8) is 0 Å². The van der Waals surface area contributed by atoms with Crippen molar-refractivity contribution in [3.05, 3.63) is 11.1 Å². The zero-order chi connectivity index (χ0) is 19.9. The highest BCUT2D eigenvalue weighted by Crippen LogP contribution is 2.55. The fourth-order valence-electron chi connectivity index (χ4n) is 5.93. The van der Waals surface area contributed by atoms with Crippen LogP contribution in [0.1, 0.15) is 52.9 Å². The summed E-state index contributed by atoms with van der Waals surface area (Å²) in [6.07, 6.45) is 5.55. The van der Waals surface area contributed by atoms with Gasteiger partial charge < -0.3 is 14.4 Å². The highest BCUT2D eigenvalue weighted by atomic mass is 16.6. The first-order valence-electron chi connectivity index (χ1n) is 10.9. The van der Waals surface area contributed by atoms with Gasteiger partial charge >= 0.3 is 12.1 Å². The number of carbonyl (C=O) groups is 2. The minimum Gasteiger partial charge on any atom is -0.462 e. The minimum absolute atomic E-state index is 0.0108. The van der Waals surface area contributed by atoms with Crippen molar-refractivity contribution < 1.29 is 19.1 Å². The Morgan fingerprint density at radius 3 is 2.75 bits per heavy atom. The van der Waals surface area contributed by atoms with E-state index < -0.39 is 0 Å². The lowest BCUT2D eigenvalue weighted by atomic mass is 9.59. The second kappa shape index (κ2) is 7.69. The third-order valence-electron chi connectivity index (χ3n) is 7.53. The first-order valence-corrected chi connectivity index (χ1v) is 10.9. The van der Waals surface area contributed by atoms with Crippen LogP contribution in [0.3, 0.4) is 0 Å². The quantitative estimate of drug-likeness (QED) is 0.547. The van der Waals surface area contributed by atoms with Crippen LogP contribution in [0, 0.1) is 17.3 Å². The number of fused-ring (bicyclic) bond motifs is 2. The van der Waals surface area contributed by atoms with Crippen LogP contribution in [0.4, 0.5) is 4.79 Å². The summed E-state index contributed by atoms with van der Waals surface area (Å²) in [6, 6.07) is 0. The number of ether oxygens (including phenoxy) is 2. The number of allylic oxidation sites excluding steroid dienone is 2. The highest BCUT2D eigenvalue weighted by molar-refractivity contribution is 5.76. The monoisotopic (exact) mass is 390 g/mol. The van der Waals surface area contributed by atoms with E-state index in [9.17, 15) is 9.59 Å². The Balaban J connectivity index is 1.40. The topological polar surface area (TPSA) is 59.1 Å². The average Bonchev–Trinajstić information content (AvgIpc) is 2.95. The second-order valence-corrected chi connectivity index (χ2v) is 9.31. The molecule has 1 saturated carbocycles. The molecule has 6 heteroatoms. The molecule has 0 aromatic carbocycles. The van der Waals surface area contributed by atoms with Gasteiger partial charge in [0.05, 0.1) is 12.5 Å². The molecule has 0 aromatic rings. The predicted molar refractivity (Wildman–Crippen MR) is 106 cm³/mol. The summed E-state index contributed by atoms with van der Waals surface area (Å²) in [4.78, 5) is 28.7. The van der Waals surface area contributed by atoms with Gasteiger partial charge in [-0.05, 0) is 51.4 Å². The van der Waals surface area contributed by atoms with Crippen LogP contribution in [0.25, 0.3) is 0 Å². The molecule has 2 saturated heterocycles. The third-order valence-corrected chi connectivity index (χ3v) is 7.53. The van der Waals surface area contributed by atoms with Gasteiger partial charge in [-0.15, -0.1) is 0 Å². The van der Waals surface area contributed by atoms with Gasteiger partial charge in [0.2, 0.25) is 0 Å². The molecule has 4 unspecified atom stereocenters. The van der Waals surface area contributed by atoms with E-state index in [-0.39, 0.29) is 29.5 Å². The van der Waals surface area contributed by atoms with Gasteiger partial charge in [0, 0.05) is 38.6 Å². The highest BCUT2D eigenvalue weighted by Gasteiger charge is 2.53. The SMILES string of the molecule is CCOC(=O)N1CCN(CC2C(=O)OC3CC4(C)CCCC(C)=C4CC32)CC1. The molecule has 4 rings (SSSR count). The van der Waals surface area contributed by atoms with Crippen LogP contribution in [0.5, 0.6) is 0 Å². The van der Waals surface area contributed by atoms with E-state index >= 15 is 0 Å². The number of amides is 1. The molecule has 6 nitrogen and oxygen atoms in total. The number of esters is 1. The molecule has 0 bridgehead atoms. The van der Waals surface area contributed by atoms with Crippen LogP contribution in [0.2, 0.25) is 0 Å². The maximum Gasteiger partial charge on any atom is 0.409 e. The van der Waals surface area contributed by atoms with Gasteiger partial charge in [-0.3, -0.25) is 9.69 Å². The molecule has 0 radical (unpaired) electrons. The first-order chi connectivity index (χ1) is 13.4. The van der Waals surface area contributed by atoms with E-state index in [1.807, 2.05) is 6.92 Å². The molecule has 0 spiro atoms. The summed E-state index contributed by atoms with van der Waals surface area (Å²) < 4.78 is 11.0. The van der Waals surface area contributed by atoms with Crippen LogP contribution < -0.4 is 0 Å². The fourth-order valence-corrected chi connectivity index (χ4v) is 5.93. The largest absolute Gasteiger partial charge is 0.462 e. The zero-order valence-electron chi connectivity index (χ0n) is 17.5. The number of rotatable bonds is 3. The molecule has 2 aliphatic carbocycles. The molecule has 3 fully saturated rings. The zero-order valence-corrected chi connectivity index (χ0v) is 17.5. The lowest BCUT2D eigenvalue weighted by Crippen LogP contribution is -2.51. The van der Waals surface area contributed by atoms with Crippen LogP contribution in [-0.4, -0.2) is 67.3 Å². The Hall–Kier alpha value is -1.56. The van der Waals surface area contributed by atoms with Crippen LogP contribution in [-0.2, 0) is 14.3 Å². The van der Waals surface area contributed by atoms with Crippen molar-refractivity contribution >= 4 is 12.1 Å². The van der Waals surface area contributed by atoms with Gasteiger partial charge in [-0.2, -0.15) is 0 Å². The average molecular weight is 391 g/mol. The van der Waals surface area contributed by atoms with E-state index in [1.165, 1.54) is 19.3 Å². The number of hydrogen-bond acceptors (Lipinski definition) is 5. The number of piperazine rings is 1. The molecular formula is C22H34N2O4. The van der Waals surface area contributed by atoms with Crippen molar-refractivity contribution in [1.82, 2.24) is 9.80 Å². The predicted octanol–water partition coefficient (Wildman–Crippen LogP) is 3.22. The van der Waals surface area contributed by atoms with Gasteiger partial charge in [0.1, 0.15) is 6.10 Å². The van der Waals surface area contributed by atoms with Gasteiger partial charge in [-0.25, -0.2) is 4.79 Å². The third kappa shape index (κ3) is 3.56. The summed E-state index contributed by atoms with van der Waals surface area (Å²) in [5, 5.41) is 0. The molecule has 2 heterocycles. The summed E-state index contributed by atoms with van der Waals surface area (Å²) in [7, 11) is 0. The molecule has 0 aromatic heterocycles. The lowest BCUT2D eigenvalue weighted by molar-refractivity contribution is -0.145. The van der Waals surface area contributed by atoms with Crippen molar-refractivity contribution in [2.45, 2.75) is 59.0 Å². The molecule has 1 amide bonds. The summed E-state index contributed by atoms with van der Waals surface area (Å²) in [5.74, 6) is 0.265. The van der Waals surface area contributed by atoms with Crippen LogP contribution >= 0.6 is 0 Å². The normalized spacial score (nSPS) is 36.0. The van der Waals surface area contributed by atoms with E-state index in [0.29, 0.717) is 25.6 Å². The van der Waals surface area contributed by atoms with Gasteiger partial charge in [-0.1, -0.05) is 18.1 Å². The smallest absolute Gasteiger partial charge is 0.409 e. The number of carbonyl (C=O) groups excluding carboxylic acids is 2. The Labute approximate surface area is 168 Å². The summed E-state index contributed by atoms with van der Waals surface area (Å²) in [5.41, 5.74) is 3.38. The molecule has 4 aliphatic rings. The van der Waals surface area contributed by atoms with Gasteiger partial charge in [0.25, 0.3) is 0 Å². The summed E-state index contributed by atoms with van der Waals surface area (Å²) >= 11 is 0. The van der Waals surface area contributed by atoms with Crippen molar-refractivity contribution in [2.24, 2.45) is 17.3 Å². The maximum atomic E-state index is 12.7. The van der Waals surface area contributed by atoms with E-state index in [1.54, 1.807) is 16.0 Å². The first kappa shape index (κ1) is 19.7. The van der Waals surface area contributed by atoms with E-state index in [2.05, 4.69) is 18.7 Å². The Morgan fingerprint density at radius 2 is 2.04 bits per heavy atom. The van der Waals surface area contributed by atoms with E-state index in [4.69, 9.17) is 9.47 Å². The standard InChI is InChI=1S/C22H34N2O4/c1-4-27-21(26)24-10-8-23(9-11-24)14-17-16-12-18-15(2)6-5-7-22(18,3)13-19(16)28-20(17)25/h16-17,19H,4-14H2,1-3H3. The maximum absolute atomic E-state index is 12.7. The molecule has 4 atom stereocenters. The minimum atomic E-state index is -0.228. The second-order valence-electron chi connectivity index (χ2n) is 9.31. The fraction of sp³-hybridized carbons (Fsp3) is 0.818. The molecule has 156 valence electrons. The Kier molecular flexibility index (Phi) is 5.43. The lowest BCUT2D eigenvalue weighted by Gasteiger charge is -2.46. The molecule has 2 aliphatic heterocycles. The van der Waals surface area contributed by atoms with Crippen molar-refractivity contribution in [3.8, 4) is 0 Å². The summed E-state index contributed by atoms with van der Waals surface area (Å²) in [6.45, 7) is 10.6.